The van der Waals surface area contributed by atoms with E-state index in [4.69, 9.17) is 16.3 Å². The van der Waals surface area contributed by atoms with Crippen LogP contribution in [-0.4, -0.2) is 41.1 Å². The Bertz CT molecular complexity index is 546. The molecule has 1 amide bonds. The first-order valence-electron chi connectivity index (χ1n) is 6.91. The summed E-state index contributed by atoms with van der Waals surface area (Å²) in [6, 6.07) is 4.49. The Morgan fingerprint density at radius 1 is 1.43 bits per heavy atom. The van der Waals surface area contributed by atoms with E-state index in [0.29, 0.717) is 23.7 Å². The highest BCUT2D eigenvalue weighted by molar-refractivity contribution is 6.31. The maximum atomic E-state index is 12.2. The Hall–Kier alpha value is -1.75. The number of hydrogen-bond acceptors (Lipinski definition) is 3. The summed E-state index contributed by atoms with van der Waals surface area (Å²) in [6.07, 6.45) is 2.15. The van der Waals surface area contributed by atoms with Crippen LogP contribution < -0.4 is 4.74 Å². The van der Waals surface area contributed by atoms with E-state index >= 15 is 0 Å². The fourth-order valence-electron chi connectivity index (χ4n) is 2.45. The number of amides is 1. The van der Waals surface area contributed by atoms with E-state index in [1.165, 1.54) is 4.90 Å². The molecule has 1 heterocycles. The number of nitrogens with zero attached hydrogens (tertiary/aromatic N) is 1. The third-order valence-corrected chi connectivity index (χ3v) is 4.09. The van der Waals surface area contributed by atoms with Crippen molar-refractivity contribution in [2.24, 2.45) is 0 Å². The van der Waals surface area contributed by atoms with E-state index in [1.54, 1.807) is 18.2 Å². The van der Waals surface area contributed by atoms with E-state index in [2.05, 4.69) is 0 Å². The SMILES string of the molecule is Cc1c(Cl)cccc1OCC(=O)N1CCCCC1C(=O)O. The van der Waals surface area contributed by atoms with Gasteiger partial charge in [0, 0.05) is 17.1 Å². The quantitative estimate of drug-likeness (QED) is 0.927. The second-order valence-corrected chi connectivity index (χ2v) is 5.50. The number of carboxylic acid groups (broad SMARTS) is 1. The Morgan fingerprint density at radius 3 is 2.90 bits per heavy atom. The van der Waals surface area contributed by atoms with Crippen molar-refractivity contribution in [1.29, 1.82) is 0 Å². The van der Waals surface area contributed by atoms with Crippen molar-refractivity contribution in [3.63, 3.8) is 0 Å². The Morgan fingerprint density at radius 2 is 2.19 bits per heavy atom. The molecule has 114 valence electrons. The third kappa shape index (κ3) is 3.67. The molecule has 1 saturated heterocycles. The summed E-state index contributed by atoms with van der Waals surface area (Å²) in [7, 11) is 0. The number of benzene rings is 1. The van der Waals surface area contributed by atoms with E-state index in [1.807, 2.05) is 6.92 Å². The zero-order valence-corrected chi connectivity index (χ0v) is 12.6. The van der Waals surface area contributed by atoms with Gasteiger partial charge in [0.25, 0.3) is 5.91 Å². The van der Waals surface area contributed by atoms with Crippen LogP contribution in [0.5, 0.6) is 5.75 Å². The van der Waals surface area contributed by atoms with Gasteiger partial charge in [-0.15, -0.1) is 0 Å². The third-order valence-electron chi connectivity index (χ3n) is 3.68. The fraction of sp³-hybridized carbons (Fsp3) is 0.467. The van der Waals surface area contributed by atoms with Gasteiger partial charge >= 0.3 is 5.97 Å². The highest BCUT2D eigenvalue weighted by Gasteiger charge is 2.31. The molecule has 6 heteroatoms. The van der Waals surface area contributed by atoms with Gasteiger partial charge in [-0.25, -0.2) is 4.79 Å². The lowest BCUT2D eigenvalue weighted by atomic mass is 10.0. The summed E-state index contributed by atoms with van der Waals surface area (Å²) in [5, 5.41) is 9.74. The summed E-state index contributed by atoms with van der Waals surface area (Å²) in [5.41, 5.74) is 0.764. The van der Waals surface area contributed by atoms with Crippen LogP contribution in [0.4, 0.5) is 0 Å². The molecule has 1 aromatic rings. The lowest BCUT2D eigenvalue weighted by Crippen LogP contribution is -2.49. The summed E-state index contributed by atoms with van der Waals surface area (Å²) in [5.74, 6) is -0.719. The molecular weight excluding hydrogens is 294 g/mol. The van der Waals surface area contributed by atoms with Gasteiger partial charge in [0.2, 0.25) is 0 Å². The number of likely N-dealkylation sites (tertiary alicyclic amines) is 1. The molecule has 1 aliphatic heterocycles. The first-order chi connectivity index (χ1) is 10.0. The number of rotatable bonds is 4. The van der Waals surface area contributed by atoms with E-state index < -0.39 is 12.0 Å². The zero-order chi connectivity index (χ0) is 15.4. The molecule has 0 bridgehead atoms. The predicted molar refractivity (Wildman–Crippen MR) is 78.7 cm³/mol. The smallest absolute Gasteiger partial charge is 0.326 e. The maximum Gasteiger partial charge on any atom is 0.326 e. The number of aliphatic carboxylic acids is 1. The van der Waals surface area contributed by atoms with Crippen LogP contribution in [0.3, 0.4) is 0 Å². The van der Waals surface area contributed by atoms with Gasteiger partial charge in [0.15, 0.2) is 6.61 Å². The molecule has 0 aliphatic carbocycles. The number of carboxylic acids is 1. The van der Waals surface area contributed by atoms with E-state index in [0.717, 1.165) is 18.4 Å². The summed E-state index contributed by atoms with van der Waals surface area (Å²) in [4.78, 5) is 24.8. The van der Waals surface area contributed by atoms with Crippen molar-refractivity contribution in [2.45, 2.75) is 32.2 Å². The number of halogens is 1. The molecule has 1 N–H and O–H groups in total. The summed E-state index contributed by atoms with van der Waals surface area (Å²) >= 11 is 5.99. The van der Waals surface area contributed by atoms with Gasteiger partial charge in [-0.05, 0) is 38.3 Å². The van der Waals surface area contributed by atoms with Crippen LogP contribution in [0.2, 0.25) is 5.02 Å². The molecule has 0 saturated carbocycles. The van der Waals surface area contributed by atoms with Gasteiger partial charge in [-0.2, -0.15) is 0 Å². The number of carbonyl (C=O) groups is 2. The van der Waals surface area contributed by atoms with Gasteiger partial charge in [0.1, 0.15) is 11.8 Å². The number of piperidine rings is 1. The maximum absolute atomic E-state index is 12.2. The van der Waals surface area contributed by atoms with Crippen LogP contribution in [0, 0.1) is 6.92 Å². The van der Waals surface area contributed by atoms with Crippen LogP contribution in [-0.2, 0) is 9.59 Å². The highest BCUT2D eigenvalue weighted by atomic mass is 35.5. The summed E-state index contributed by atoms with van der Waals surface area (Å²) in [6.45, 7) is 2.10. The largest absolute Gasteiger partial charge is 0.483 e. The molecule has 5 nitrogen and oxygen atoms in total. The van der Waals surface area contributed by atoms with Gasteiger partial charge in [-0.1, -0.05) is 17.7 Å². The Kier molecular flexibility index (Phi) is 5.07. The summed E-state index contributed by atoms with van der Waals surface area (Å²) < 4.78 is 5.49. The minimum absolute atomic E-state index is 0.176. The van der Waals surface area contributed by atoms with Gasteiger partial charge in [0.05, 0.1) is 0 Å². The first-order valence-corrected chi connectivity index (χ1v) is 7.28. The molecular formula is C15H18ClNO4. The lowest BCUT2D eigenvalue weighted by Gasteiger charge is -2.32. The van der Waals surface area contributed by atoms with Crippen LogP contribution in [0.25, 0.3) is 0 Å². The number of hydrogen-bond donors (Lipinski definition) is 1. The van der Waals surface area contributed by atoms with Crippen molar-refractivity contribution in [3.05, 3.63) is 28.8 Å². The molecule has 1 fully saturated rings. The molecule has 21 heavy (non-hydrogen) atoms. The van der Waals surface area contributed by atoms with E-state index in [-0.39, 0.29) is 12.5 Å². The van der Waals surface area contributed by atoms with Gasteiger partial charge in [-0.3, -0.25) is 4.79 Å². The van der Waals surface area contributed by atoms with Crippen LogP contribution in [0.15, 0.2) is 18.2 Å². The van der Waals surface area contributed by atoms with Crippen LogP contribution >= 0.6 is 11.6 Å². The first kappa shape index (κ1) is 15.6. The molecule has 1 aliphatic rings. The minimum atomic E-state index is -0.956. The monoisotopic (exact) mass is 311 g/mol. The number of carbonyl (C=O) groups excluding carboxylic acids is 1. The van der Waals surface area contributed by atoms with Crippen molar-refractivity contribution in [3.8, 4) is 5.75 Å². The Balaban J connectivity index is 2.00. The molecule has 0 radical (unpaired) electrons. The standard InChI is InChI=1S/C15H18ClNO4/c1-10-11(16)5-4-7-13(10)21-9-14(18)17-8-3-2-6-12(17)15(19)20/h4-5,7,12H,2-3,6,8-9H2,1H3,(H,19,20). The van der Waals surface area contributed by atoms with E-state index in [9.17, 15) is 14.7 Å². The molecule has 2 rings (SSSR count). The molecule has 1 atom stereocenters. The Labute approximate surface area is 128 Å². The zero-order valence-electron chi connectivity index (χ0n) is 11.8. The average Bonchev–Trinajstić information content (AvgIpc) is 2.48. The van der Waals surface area contributed by atoms with Crippen molar-refractivity contribution >= 4 is 23.5 Å². The lowest BCUT2D eigenvalue weighted by molar-refractivity contribution is -0.152. The molecule has 0 aromatic heterocycles. The number of ether oxygens (including phenoxy) is 1. The predicted octanol–water partition coefficient (Wildman–Crippen LogP) is 2.49. The van der Waals surface area contributed by atoms with Crippen molar-refractivity contribution < 1.29 is 19.4 Å². The second-order valence-electron chi connectivity index (χ2n) is 5.09. The minimum Gasteiger partial charge on any atom is -0.483 e. The fourth-order valence-corrected chi connectivity index (χ4v) is 2.62. The molecule has 0 spiro atoms. The van der Waals surface area contributed by atoms with Crippen molar-refractivity contribution in [1.82, 2.24) is 4.90 Å². The van der Waals surface area contributed by atoms with Crippen LogP contribution in [0.1, 0.15) is 24.8 Å². The highest BCUT2D eigenvalue weighted by Crippen LogP contribution is 2.25. The van der Waals surface area contributed by atoms with Crippen molar-refractivity contribution in [2.75, 3.05) is 13.2 Å². The average molecular weight is 312 g/mol. The van der Waals surface area contributed by atoms with Gasteiger partial charge < -0.3 is 14.7 Å². The topological polar surface area (TPSA) is 66.8 Å². The molecule has 1 aromatic carbocycles. The normalized spacial score (nSPS) is 18.4. The molecule has 1 unspecified atom stereocenters. The second kappa shape index (κ2) is 6.80.